The largest absolute Gasteiger partial charge is 0.350 e. The minimum atomic E-state index is -0.173. The third kappa shape index (κ3) is 4.88. The predicted molar refractivity (Wildman–Crippen MR) is 107 cm³/mol. The van der Waals surface area contributed by atoms with Crippen molar-refractivity contribution in [3.05, 3.63) is 41.1 Å². The Hall–Kier alpha value is -1.80. The van der Waals surface area contributed by atoms with Gasteiger partial charge in [0.2, 0.25) is 11.8 Å². The van der Waals surface area contributed by atoms with E-state index >= 15 is 0 Å². The number of thioether (sulfide) groups is 2. The Morgan fingerprint density at radius 1 is 1.42 bits per heavy atom. The fourth-order valence-corrected chi connectivity index (χ4v) is 4.65. The van der Waals surface area contributed by atoms with E-state index in [1.807, 2.05) is 24.3 Å². The average molecular weight is 391 g/mol. The van der Waals surface area contributed by atoms with E-state index < -0.39 is 0 Å². The van der Waals surface area contributed by atoms with Gasteiger partial charge in [-0.25, -0.2) is 0 Å². The van der Waals surface area contributed by atoms with Crippen LogP contribution in [-0.2, 0) is 16.1 Å². The second-order valence-corrected chi connectivity index (χ2v) is 8.59. The number of aromatic nitrogens is 1. The van der Waals surface area contributed by atoms with Crippen LogP contribution < -0.4 is 10.6 Å². The van der Waals surface area contributed by atoms with Crippen molar-refractivity contribution in [2.75, 3.05) is 11.5 Å². The van der Waals surface area contributed by atoms with E-state index in [0.29, 0.717) is 29.8 Å². The first kappa shape index (κ1) is 19.0. The molecule has 8 heteroatoms. The van der Waals surface area contributed by atoms with Crippen molar-refractivity contribution >= 4 is 41.2 Å². The molecule has 6 nitrogen and oxygen atoms in total. The summed E-state index contributed by atoms with van der Waals surface area (Å²) in [6.07, 6.45) is 3.74. The van der Waals surface area contributed by atoms with E-state index in [1.165, 1.54) is 16.7 Å². The predicted octanol–water partition coefficient (Wildman–Crippen LogP) is 2.19. The van der Waals surface area contributed by atoms with Crippen LogP contribution in [0.4, 0.5) is 0 Å². The van der Waals surface area contributed by atoms with Crippen LogP contribution in [0.5, 0.6) is 0 Å². The minimum absolute atomic E-state index is 0.00311. The normalized spacial score (nSPS) is 21.7. The molecule has 26 heavy (non-hydrogen) atoms. The summed E-state index contributed by atoms with van der Waals surface area (Å²) >= 11 is 3.12. The Kier molecular flexibility index (Phi) is 6.37. The number of carbonyl (C=O) groups excluding carboxylic acids is 2. The molecule has 0 unspecified atom stereocenters. The lowest BCUT2D eigenvalue weighted by atomic mass is 10.0. The van der Waals surface area contributed by atoms with Gasteiger partial charge in [-0.3, -0.25) is 19.6 Å². The third-order valence-electron chi connectivity index (χ3n) is 3.99. The molecule has 0 saturated heterocycles. The second kappa shape index (κ2) is 8.73. The van der Waals surface area contributed by atoms with Gasteiger partial charge in [0, 0.05) is 6.20 Å². The first-order valence-electron chi connectivity index (χ1n) is 8.53. The third-order valence-corrected chi connectivity index (χ3v) is 6.46. The smallest absolute Gasteiger partial charge is 0.235 e. The highest BCUT2D eigenvalue weighted by Gasteiger charge is 2.37. The van der Waals surface area contributed by atoms with Crippen molar-refractivity contribution in [2.24, 2.45) is 16.8 Å². The first-order valence-corrected chi connectivity index (χ1v) is 10.6. The van der Waals surface area contributed by atoms with Crippen LogP contribution in [0.15, 0.2) is 40.4 Å². The fourth-order valence-electron chi connectivity index (χ4n) is 2.62. The first-order chi connectivity index (χ1) is 12.5. The highest BCUT2D eigenvalue weighted by Crippen LogP contribution is 2.42. The van der Waals surface area contributed by atoms with Gasteiger partial charge in [0.05, 0.1) is 29.7 Å². The van der Waals surface area contributed by atoms with Crippen molar-refractivity contribution in [1.82, 2.24) is 15.6 Å². The number of pyridine rings is 1. The molecule has 0 bridgehead atoms. The number of rotatable bonds is 7. The number of amides is 2. The van der Waals surface area contributed by atoms with Crippen molar-refractivity contribution < 1.29 is 9.59 Å². The highest BCUT2D eigenvalue weighted by molar-refractivity contribution is 8.04. The van der Waals surface area contributed by atoms with Crippen molar-refractivity contribution in [3.8, 4) is 0 Å². The molecule has 2 aliphatic rings. The molecule has 0 aromatic carbocycles. The number of nitrogens with zero attached hydrogens (tertiary/aromatic N) is 2. The highest BCUT2D eigenvalue weighted by atomic mass is 32.2. The number of nitrogens with one attached hydrogen (secondary N) is 2. The Balaban J connectivity index is 1.43. The Morgan fingerprint density at radius 2 is 2.27 bits per heavy atom. The maximum atomic E-state index is 12.3. The summed E-state index contributed by atoms with van der Waals surface area (Å²) in [6, 6.07) is 5.60. The second-order valence-electron chi connectivity index (χ2n) is 6.41. The zero-order chi connectivity index (χ0) is 18.5. The Labute approximate surface area is 161 Å². The summed E-state index contributed by atoms with van der Waals surface area (Å²) in [5.41, 5.74) is 0.826. The molecule has 1 aromatic rings. The molecule has 0 radical (unpaired) electrons. The summed E-state index contributed by atoms with van der Waals surface area (Å²) in [4.78, 5) is 34.2. The number of carbonyl (C=O) groups is 2. The molecule has 3 heterocycles. The Morgan fingerprint density at radius 3 is 3.00 bits per heavy atom. The van der Waals surface area contributed by atoms with Gasteiger partial charge in [0.15, 0.2) is 0 Å². The van der Waals surface area contributed by atoms with Crippen LogP contribution in [0.3, 0.4) is 0 Å². The van der Waals surface area contributed by atoms with Crippen LogP contribution >= 0.6 is 23.5 Å². The van der Waals surface area contributed by atoms with Gasteiger partial charge < -0.3 is 10.6 Å². The van der Waals surface area contributed by atoms with Crippen LogP contribution in [-0.4, -0.2) is 39.5 Å². The standard InChI is InChI=1S/C18H22N4O2S2/c1-11(2)14-7-13-17(24)21-15(22-18(13)26-14)9-25-10-16(23)20-8-12-5-3-4-6-19-12/h3-7,11,13,18H,8-10H2,1-2H3,(H,20,23)(H,21,22,24)/t13-,18+/m0/s1. The molecule has 2 amide bonds. The van der Waals surface area contributed by atoms with E-state index in [9.17, 15) is 9.59 Å². The lowest BCUT2D eigenvalue weighted by Crippen LogP contribution is -2.44. The Bertz CT molecular complexity index is 734. The molecule has 0 fully saturated rings. The molecule has 2 N–H and O–H groups in total. The van der Waals surface area contributed by atoms with Gasteiger partial charge in [0.1, 0.15) is 11.2 Å². The maximum Gasteiger partial charge on any atom is 0.235 e. The number of amidine groups is 1. The number of aliphatic imine (C=N–C) groups is 1. The fraction of sp³-hybridized carbons (Fsp3) is 0.444. The van der Waals surface area contributed by atoms with Gasteiger partial charge in [0.25, 0.3) is 0 Å². The van der Waals surface area contributed by atoms with Gasteiger partial charge >= 0.3 is 0 Å². The van der Waals surface area contributed by atoms with Crippen molar-refractivity contribution in [1.29, 1.82) is 0 Å². The molecule has 1 aromatic heterocycles. The number of allylic oxidation sites excluding steroid dienone is 1. The van der Waals surface area contributed by atoms with E-state index in [1.54, 1.807) is 18.0 Å². The molecule has 138 valence electrons. The minimum Gasteiger partial charge on any atom is -0.350 e. The SMILES string of the molecule is CC(C)C1=C[C@H]2C(=O)NC(CSCC(=O)NCc3ccccn3)=N[C@@H]2S1. The molecular formula is C18H22N4O2S2. The zero-order valence-corrected chi connectivity index (χ0v) is 16.4. The number of fused-ring (bicyclic) bond motifs is 1. The molecule has 0 spiro atoms. The van der Waals surface area contributed by atoms with Gasteiger partial charge in [-0.05, 0) is 23.0 Å². The van der Waals surface area contributed by atoms with E-state index in [0.717, 1.165) is 5.69 Å². The van der Waals surface area contributed by atoms with Gasteiger partial charge in [-0.1, -0.05) is 26.0 Å². The summed E-state index contributed by atoms with van der Waals surface area (Å²) in [5, 5.41) is 5.65. The quantitative estimate of drug-likeness (QED) is 0.746. The zero-order valence-electron chi connectivity index (χ0n) is 14.8. The van der Waals surface area contributed by atoms with Crippen molar-refractivity contribution in [3.63, 3.8) is 0 Å². The average Bonchev–Trinajstić information content (AvgIpc) is 3.06. The van der Waals surface area contributed by atoms with Gasteiger partial charge in [-0.15, -0.1) is 23.5 Å². The lowest BCUT2D eigenvalue weighted by molar-refractivity contribution is -0.122. The summed E-state index contributed by atoms with van der Waals surface area (Å²) in [5.74, 6) is 1.68. The number of hydrogen-bond donors (Lipinski definition) is 2. The van der Waals surface area contributed by atoms with Crippen LogP contribution in [0, 0.1) is 11.8 Å². The summed E-state index contributed by atoms with van der Waals surface area (Å²) < 4.78 is 0. The van der Waals surface area contributed by atoms with Crippen LogP contribution in [0.2, 0.25) is 0 Å². The van der Waals surface area contributed by atoms with Crippen LogP contribution in [0.25, 0.3) is 0 Å². The molecule has 3 rings (SSSR count). The number of hydrogen-bond acceptors (Lipinski definition) is 6. The van der Waals surface area contributed by atoms with Crippen LogP contribution in [0.1, 0.15) is 19.5 Å². The maximum absolute atomic E-state index is 12.3. The molecule has 2 atom stereocenters. The molecule has 0 aliphatic carbocycles. The molecule has 2 aliphatic heterocycles. The van der Waals surface area contributed by atoms with E-state index in [-0.39, 0.29) is 23.1 Å². The molecular weight excluding hydrogens is 368 g/mol. The molecule has 0 saturated carbocycles. The topological polar surface area (TPSA) is 83.5 Å². The summed E-state index contributed by atoms with van der Waals surface area (Å²) in [6.45, 7) is 4.66. The monoisotopic (exact) mass is 390 g/mol. The van der Waals surface area contributed by atoms with E-state index in [4.69, 9.17) is 0 Å². The lowest BCUT2D eigenvalue weighted by Gasteiger charge is -2.22. The van der Waals surface area contributed by atoms with Gasteiger partial charge in [-0.2, -0.15) is 0 Å². The van der Waals surface area contributed by atoms with Crippen molar-refractivity contribution in [2.45, 2.75) is 25.8 Å². The summed E-state index contributed by atoms with van der Waals surface area (Å²) in [7, 11) is 0. The van der Waals surface area contributed by atoms with E-state index in [2.05, 4.69) is 34.5 Å².